The molecule has 0 aliphatic heterocycles. The Balaban J connectivity index is 2.20. The summed E-state index contributed by atoms with van der Waals surface area (Å²) in [7, 11) is 1.90. The number of nitrogens with one attached hydrogen (secondary N) is 1. The molecule has 1 aromatic heterocycles. The van der Waals surface area contributed by atoms with E-state index in [-0.39, 0.29) is 11.6 Å². The second-order valence-corrected chi connectivity index (χ2v) is 5.21. The van der Waals surface area contributed by atoms with E-state index in [1.807, 2.05) is 7.05 Å². The van der Waals surface area contributed by atoms with Crippen LogP contribution >= 0.6 is 0 Å². The van der Waals surface area contributed by atoms with Crippen LogP contribution in [-0.4, -0.2) is 16.8 Å². The van der Waals surface area contributed by atoms with Crippen LogP contribution in [0.15, 0.2) is 47.4 Å². The monoisotopic (exact) mass is 271 g/mol. The first-order valence-electron chi connectivity index (χ1n) is 6.91. The van der Waals surface area contributed by atoms with Crippen molar-refractivity contribution >= 4 is 0 Å². The lowest BCUT2D eigenvalue weighted by Crippen LogP contribution is -2.29. The van der Waals surface area contributed by atoms with Gasteiger partial charge in [-0.15, -0.1) is 0 Å². The molecule has 2 aromatic rings. The van der Waals surface area contributed by atoms with Gasteiger partial charge in [-0.25, -0.2) is 4.68 Å². The van der Waals surface area contributed by atoms with Crippen molar-refractivity contribution in [2.75, 3.05) is 7.05 Å². The average molecular weight is 271 g/mol. The third kappa shape index (κ3) is 3.33. The highest BCUT2D eigenvalue weighted by molar-refractivity contribution is 5.26. The Hall–Kier alpha value is -1.94. The van der Waals surface area contributed by atoms with E-state index in [1.54, 1.807) is 12.3 Å². The summed E-state index contributed by atoms with van der Waals surface area (Å²) in [5.74, 6) is 0.524. The Morgan fingerprint density at radius 1 is 1.15 bits per heavy atom. The van der Waals surface area contributed by atoms with E-state index < -0.39 is 0 Å². The highest BCUT2D eigenvalue weighted by atomic mass is 16.1. The van der Waals surface area contributed by atoms with Crippen LogP contribution in [0, 0.1) is 0 Å². The van der Waals surface area contributed by atoms with Gasteiger partial charge in [0.25, 0.3) is 5.56 Å². The number of rotatable bonds is 5. The predicted octanol–water partition coefficient (Wildman–Crippen LogP) is 2.33. The topological polar surface area (TPSA) is 46.9 Å². The van der Waals surface area contributed by atoms with Crippen LogP contribution in [0.4, 0.5) is 0 Å². The van der Waals surface area contributed by atoms with E-state index in [9.17, 15) is 4.79 Å². The largest absolute Gasteiger partial charge is 0.311 e. The molecule has 0 radical (unpaired) electrons. The van der Waals surface area contributed by atoms with Crippen molar-refractivity contribution in [2.45, 2.75) is 32.4 Å². The average Bonchev–Trinajstić information content (AvgIpc) is 2.46. The molecule has 1 N–H and O–H groups in total. The minimum atomic E-state index is -0.0773. The molecule has 0 saturated heterocycles. The summed E-state index contributed by atoms with van der Waals surface area (Å²) < 4.78 is 1.48. The number of likely N-dealkylation sites (N-methyl/N-ethyl adjacent to an activating group) is 1. The van der Waals surface area contributed by atoms with E-state index in [2.05, 4.69) is 48.5 Å². The van der Waals surface area contributed by atoms with Crippen LogP contribution < -0.4 is 10.9 Å². The fraction of sp³-hybridized carbons (Fsp3) is 0.375. The zero-order valence-electron chi connectivity index (χ0n) is 12.2. The molecule has 0 fully saturated rings. The van der Waals surface area contributed by atoms with Gasteiger partial charge in [0.05, 0.1) is 12.6 Å². The molecule has 1 heterocycles. The van der Waals surface area contributed by atoms with E-state index in [1.165, 1.54) is 16.3 Å². The third-order valence-electron chi connectivity index (χ3n) is 3.49. The van der Waals surface area contributed by atoms with Crippen molar-refractivity contribution in [3.05, 3.63) is 64.1 Å². The number of benzene rings is 1. The number of hydrogen-bond acceptors (Lipinski definition) is 3. The van der Waals surface area contributed by atoms with Gasteiger partial charge in [-0.05, 0) is 30.2 Å². The van der Waals surface area contributed by atoms with Crippen LogP contribution in [0.1, 0.15) is 36.9 Å². The van der Waals surface area contributed by atoms with Crippen LogP contribution in [0.3, 0.4) is 0 Å². The molecular formula is C16H21N3O. The van der Waals surface area contributed by atoms with Gasteiger partial charge in [-0.1, -0.05) is 38.1 Å². The van der Waals surface area contributed by atoms with Crippen molar-refractivity contribution in [1.82, 2.24) is 15.1 Å². The van der Waals surface area contributed by atoms with Crippen LogP contribution in [-0.2, 0) is 6.54 Å². The first-order chi connectivity index (χ1) is 9.61. The maximum atomic E-state index is 11.7. The molecule has 1 atom stereocenters. The van der Waals surface area contributed by atoms with E-state index >= 15 is 0 Å². The van der Waals surface area contributed by atoms with Crippen molar-refractivity contribution in [3.63, 3.8) is 0 Å². The fourth-order valence-corrected chi connectivity index (χ4v) is 2.17. The molecule has 1 unspecified atom stereocenters. The van der Waals surface area contributed by atoms with E-state index in [4.69, 9.17) is 0 Å². The Bertz CT molecular complexity index is 602. The maximum absolute atomic E-state index is 11.7. The fourth-order valence-electron chi connectivity index (χ4n) is 2.17. The van der Waals surface area contributed by atoms with Gasteiger partial charge in [0.15, 0.2) is 0 Å². The zero-order chi connectivity index (χ0) is 14.5. The molecule has 0 aliphatic rings. The highest BCUT2D eigenvalue weighted by Gasteiger charge is 2.11. The Morgan fingerprint density at radius 2 is 1.80 bits per heavy atom. The van der Waals surface area contributed by atoms with Gasteiger partial charge < -0.3 is 5.32 Å². The molecule has 20 heavy (non-hydrogen) atoms. The van der Waals surface area contributed by atoms with Crippen molar-refractivity contribution < 1.29 is 0 Å². The second-order valence-electron chi connectivity index (χ2n) is 5.21. The molecule has 2 rings (SSSR count). The molecule has 1 aromatic carbocycles. The van der Waals surface area contributed by atoms with E-state index in [0.717, 1.165) is 5.56 Å². The lowest BCUT2D eigenvalue weighted by Gasteiger charge is -2.18. The minimum Gasteiger partial charge on any atom is -0.311 e. The summed E-state index contributed by atoms with van der Waals surface area (Å²) in [5, 5.41) is 7.34. The lowest BCUT2D eigenvalue weighted by atomic mass is 9.99. The molecule has 0 saturated carbocycles. The second kappa shape index (κ2) is 6.48. The van der Waals surface area contributed by atoms with Crippen LogP contribution in [0.25, 0.3) is 0 Å². The van der Waals surface area contributed by atoms with E-state index in [0.29, 0.717) is 12.5 Å². The third-order valence-corrected chi connectivity index (χ3v) is 3.49. The molecule has 0 amide bonds. The molecule has 106 valence electrons. The summed E-state index contributed by atoms with van der Waals surface area (Å²) in [6.07, 6.45) is 1.63. The molecular weight excluding hydrogens is 250 g/mol. The van der Waals surface area contributed by atoms with Gasteiger partial charge in [-0.2, -0.15) is 5.10 Å². The van der Waals surface area contributed by atoms with Crippen LogP contribution in [0.5, 0.6) is 0 Å². The van der Waals surface area contributed by atoms with Crippen LogP contribution in [0.2, 0.25) is 0 Å². The minimum absolute atomic E-state index is 0.0730. The zero-order valence-corrected chi connectivity index (χ0v) is 12.2. The van der Waals surface area contributed by atoms with Gasteiger partial charge in [-0.3, -0.25) is 4.79 Å². The summed E-state index contributed by atoms with van der Waals surface area (Å²) in [4.78, 5) is 11.7. The molecule has 4 heteroatoms. The number of aromatic nitrogens is 2. The molecule has 0 bridgehead atoms. The summed E-state index contributed by atoms with van der Waals surface area (Å²) in [5.41, 5.74) is 2.40. The normalized spacial score (nSPS) is 12.6. The summed E-state index contributed by atoms with van der Waals surface area (Å²) >= 11 is 0. The van der Waals surface area contributed by atoms with Crippen molar-refractivity contribution in [1.29, 1.82) is 0 Å². The first-order valence-corrected chi connectivity index (χ1v) is 6.91. The Labute approximate surface area is 119 Å². The van der Waals surface area contributed by atoms with Gasteiger partial charge >= 0.3 is 0 Å². The molecule has 0 aliphatic carbocycles. The highest BCUT2D eigenvalue weighted by Crippen LogP contribution is 2.19. The number of nitrogens with zero attached hydrogens (tertiary/aromatic N) is 2. The maximum Gasteiger partial charge on any atom is 0.266 e. The summed E-state index contributed by atoms with van der Waals surface area (Å²) in [6, 6.07) is 11.8. The lowest BCUT2D eigenvalue weighted by molar-refractivity contribution is 0.452. The summed E-state index contributed by atoms with van der Waals surface area (Å²) in [6.45, 7) is 4.88. The van der Waals surface area contributed by atoms with Crippen molar-refractivity contribution in [2.24, 2.45) is 0 Å². The SMILES string of the molecule is CNC(Cn1ncccc1=O)c1ccc(C(C)C)cc1. The number of hydrogen-bond donors (Lipinski definition) is 1. The standard InChI is InChI=1S/C16H21N3O/c1-12(2)13-6-8-14(9-7-13)15(17-3)11-19-16(20)5-4-10-18-19/h4-10,12,15,17H,11H2,1-3H3. The van der Waals surface area contributed by atoms with Gasteiger partial charge in [0.2, 0.25) is 0 Å². The quantitative estimate of drug-likeness (QED) is 0.908. The smallest absolute Gasteiger partial charge is 0.266 e. The van der Waals surface area contributed by atoms with Gasteiger partial charge in [0, 0.05) is 12.3 Å². The first kappa shape index (κ1) is 14.5. The van der Waals surface area contributed by atoms with Crippen molar-refractivity contribution in [3.8, 4) is 0 Å². The Morgan fingerprint density at radius 3 is 2.35 bits per heavy atom. The Kier molecular flexibility index (Phi) is 4.69. The molecule has 0 spiro atoms. The van der Waals surface area contributed by atoms with Gasteiger partial charge in [0.1, 0.15) is 0 Å². The molecule has 4 nitrogen and oxygen atoms in total. The predicted molar refractivity (Wildman–Crippen MR) is 80.8 cm³/mol.